The van der Waals surface area contributed by atoms with E-state index in [2.05, 4.69) is 5.29 Å². The minimum atomic E-state index is -2.12. The molecule has 1 amide bonds. The van der Waals surface area contributed by atoms with Crippen molar-refractivity contribution in [2.45, 2.75) is 19.4 Å². The summed E-state index contributed by atoms with van der Waals surface area (Å²) in [5.41, 5.74) is 4.66. The van der Waals surface area contributed by atoms with Crippen molar-refractivity contribution in [3.8, 4) is 0 Å². The second kappa shape index (κ2) is 3.94. The van der Waals surface area contributed by atoms with E-state index in [-0.39, 0.29) is 0 Å². The van der Waals surface area contributed by atoms with Crippen molar-refractivity contribution in [1.82, 2.24) is 5.43 Å². The molecular formula is C6H11N3O4. The van der Waals surface area contributed by atoms with Gasteiger partial charge in [0, 0.05) is 0 Å². The third-order valence-corrected chi connectivity index (χ3v) is 1.79. The van der Waals surface area contributed by atoms with Crippen LogP contribution >= 0.6 is 0 Å². The Hall–Kier alpha value is -1.50. The Bertz CT molecular complexity index is 240. The number of nitrogens with zero attached hydrogens (tertiary/aromatic N) is 1. The first-order valence-electron chi connectivity index (χ1n) is 3.52. The minimum Gasteiger partial charge on any atom is -0.479 e. The van der Waals surface area contributed by atoms with Crippen LogP contribution in [0.1, 0.15) is 13.8 Å². The van der Waals surface area contributed by atoms with Gasteiger partial charge in [0.1, 0.15) is 0 Å². The monoisotopic (exact) mass is 189 g/mol. The predicted octanol–water partition coefficient (Wildman–Crippen LogP) is -0.778. The number of aliphatic carboxylic acids is 1. The molecule has 0 bridgehead atoms. The molecule has 0 aliphatic rings. The summed E-state index contributed by atoms with van der Waals surface area (Å²) < 4.78 is 0. The highest BCUT2D eigenvalue weighted by Gasteiger charge is 2.45. The molecule has 0 spiro atoms. The van der Waals surface area contributed by atoms with Crippen LogP contribution in [0.2, 0.25) is 0 Å². The Balaban J connectivity index is 4.89. The standard InChI is InChI=1S/C6H11N3O4/c1-3(2)6(7,5(11)12)4(10)8-9-13/h3H,7H2,1-2H3,(H,11,12)(H,8,10,13). The summed E-state index contributed by atoms with van der Waals surface area (Å²) in [5, 5.41) is 10.7. The Morgan fingerprint density at radius 2 is 2.00 bits per heavy atom. The van der Waals surface area contributed by atoms with E-state index in [1.165, 1.54) is 19.3 Å². The highest BCUT2D eigenvalue weighted by molar-refractivity contribution is 6.06. The van der Waals surface area contributed by atoms with E-state index >= 15 is 0 Å². The Morgan fingerprint density at radius 3 is 2.23 bits per heavy atom. The normalized spacial score (nSPS) is 14.8. The first-order chi connectivity index (χ1) is 5.87. The van der Waals surface area contributed by atoms with Crippen molar-refractivity contribution >= 4 is 11.9 Å². The zero-order valence-corrected chi connectivity index (χ0v) is 7.27. The zero-order valence-electron chi connectivity index (χ0n) is 7.27. The zero-order chi connectivity index (χ0) is 10.6. The number of nitrogens with two attached hydrogens (primary N) is 1. The van der Waals surface area contributed by atoms with Gasteiger partial charge in [-0.15, -0.1) is 4.91 Å². The quantitative estimate of drug-likeness (QED) is 0.304. The summed E-state index contributed by atoms with van der Waals surface area (Å²) in [6.07, 6.45) is 0. The van der Waals surface area contributed by atoms with E-state index in [1.807, 2.05) is 0 Å². The number of carbonyl (C=O) groups excluding carboxylic acids is 1. The van der Waals surface area contributed by atoms with E-state index in [1.54, 1.807) is 0 Å². The van der Waals surface area contributed by atoms with Crippen molar-refractivity contribution < 1.29 is 14.7 Å². The molecule has 13 heavy (non-hydrogen) atoms. The molecular weight excluding hydrogens is 178 g/mol. The Kier molecular flexibility index (Phi) is 3.49. The average Bonchev–Trinajstić information content (AvgIpc) is 2.02. The summed E-state index contributed by atoms with van der Waals surface area (Å²) in [4.78, 5) is 31.4. The number of carboxylic acid groups (broad SMARTS) is 1. The number of nitroso groups, excluding NO2 is 1. The number of hydrogen-bond acceptors (Lipinski definition) is 5. The van der Waals surface area contributed by atoms with Crippen LogP contribution in [0.15, 0.2) is 5.29 Å². The molecule has 0 saturated heterocycles. The van der Waals surface area contributed by atoms with E-state index in [0.717, 1.165) is 0 Å². The van der Waals surface area contributed by atoms with Gasteiger partial charge in [-0.2, -0.15) is 0 Å². The molecule has 74 valence electrons. The van der Waals surface area contributed by atoms with E-state index in [0.29, 0.717) is 0 Å². The van der Waals surface area contributed by atoms with Crippen LogP contribution in [0.25, 0.3) is 0 Å². The molecule has 4 N–H and O–H groups in total. The molecule has 0 aromatic heterocycles. The molecule has 0 aromatic carbocycles. The van der Waals surface area contributed by atoms with Gasteiger partial charge in [-0.3, -0.25) is 4.79 Å². The van der Waals surface area contributed by atoms with Gasteiger partial charge in [-0.25, -0.2) is 10.2 Å². The molecule has 1 atom stereocenters. The van der Waals surface area contributed by atoms with Gasteiger partial charge in [-0.1, -0.05) is 13.8 Å². The van der Waals surface area contributed by atoms with Crippen molar-refractivity contribution in [3.05, 3.63) is 4.91 Å². The fourth-order valence-electron chi connectivity index (χ4n) is 0.740. The van der Waals surface area contributed by atoms with Crippen LogP contribution < -0.4 is 11.2 Å². The number of amides is 1. The summed E-state index contributed by atoms with van der Waals surface area (Å²) in [7, 11) is 0. The third kappa shape index (κ3) is 2.00. The van der Waals surface area contributed by atoms with Crippen molar-refractivity contribution in [2.75, 3.05) is 0 Å². The lowest BCUT2D eigenvalue weighted by Crippen LogP contribution is -2.62. The molecule has 0 radical (unpaired) electrons. The van der Waals surface area contributed by atoms with Gasteiger partial charge in [0.05, 0.1) is 5.29 Å². The maximum atomic E-state index is 11.0. The number of rotatable bonds is 4. The molecule has 1 unspecified atom stereocenters. The van der Waals surface area contributed by atoms with Gasteiger partial charge in [0.15, 0.2) is 5.54 Å². The molecule has 0 aromatic rings. The fourth-order valence-corrected chi connectivity index (χ4v) is 0.740. The molecule has 0 saturated carbocycles. The number of carboxylic acids is 1. The van der Waals surface area contributed by atoms with Crippen molar-refractivity contribution in [1.29, 1.82) is 0 Å². The maximum Gasteiger partial charge on any atom is 0.333 e. The van der Waals surface area contributed by atoms with Crippen LogP contribution in [0.3, 0.4) is 0 Å². The van der Waals surface area contributed by atoms with Crippen molar-refractivity contribution in [3.63, 3.8) is 0 Å². The van der Waals surface area contributed by atoms with Gasteiger partial charge in [0.2, 0.25) is 0 Å². The SMILES string of the molecule is CC(C)C(N)(C(=O)O)C(=O)NN=O. The van der Waals surface area contributed by atoms with Crippen LogP contribution in [-0.2, 0) is 9.59 Å². The van der Waals surface area contributed by atoms with Gasteiger partial charge >= 0.3 is 5.97 Å². The molecule has 0 aliphatic carbocycles. The van der Waals surface area contributed by atoms with Crippen LogP contribution in [0.4, 0.5) is 0 Å². The van der Waals surface area contributed by atoms with E-state index < -0.39 is 23.3 Å². The number of hydrogen-bond donors (Lipinski definition) is 3. The number of carbonyl (C=O) groups is 2. The second-order valence-electron chi connectivity index (χ2n) is 2.86. The lowest BCUT2D eigenvalue weighted by molar-refractivity contribution is -0.151. The van der Waals surface area contributed by atoms with Crippen LogP contribution in [0, 0.1) is 10.8 Å². The van der Waals surface area contributed by atoms with Crippen LogP contribution in [-0.4, -0.2) is 22.5 Å². The molecule has 7 heteroatoms. The summed E-state index contributed by atoms with van der Waals surface area (Å²) in [6, 6.07) is 0. The topological polar surface area (TPSA) is 122 Å². The summed E-state index contributed by atoms with van der Waals surface area (Å²) in [5.74, 6) is -3.26. The molecule has 0 rings (SSSR count). The molecule has 0 fully saturated rings. The highest BCUT2D eigenvalue weighted by atomic mass is 16.4. The lowest BCUT2D eigenvalue weighted by atomic mass is 9.87. The summed E-state index contributed by atoms with van der Waals surface area (Å²) in [6.45, 7) is 2.91. The molecule has 0 aliphatic heterocycles. The van der Waals surface area contributed by atoms with Gasteiger partial charge in [0.25, 0.3) is 5.91 Å². The predicted molar refractivity (Wildman–Crippen MR) is 43.3 cm³/mol. The van der Waals surface area contributed by atoms with Gasteiger partial charge < -0.3 is 10.8 Å². The Morgan fingerprint density at radius 1 is 1.54 bits per heavy atom. The second-order valence-corrected chi connectivity index (χ2v) is 2.86. The summed E-state index contributed by atoms with van der Waals surface area (Å²) >= 11 is 0. The fraction of sp³-hybridized carbons (Fsp3) is 0.667. The highest BCUT2D eigenvalue weighted by Crippen LogP contribution is 2.14. The maximum absolute atomic E-state index is 11.0. The molecule has 0 heterocycles. The first kappa shape index (κ1) is 11.5. The average molecular weight is 189 g/mol. The van der Waals surface area contributed by atoms with Crippen molar-refractivity contribution in [2.24, 2.45) is 16.9 Å². The largest absolute Gasteiger partial charge is 0.479 e. The lowest BCUT2D eigenvalue weighted by Gasteiger charge is -2.25. The first-order valence-corrected chi connectivity index (χ1v) is 3.52. The van der Waals surface area contributed by atoms with E-state index in [4.69, 9.17) is 10.8 Å². The van der Waals surface area contributed by atoms with Gasteiger partial charge in [-0.05, 0) is 5.92 Å². The molecule has 7 nitrogen and oxygen atoms in total. The smallest absolute Gasteiger partial charge is 0.333 e. The van der Waals surface area contributed by atoms with Crippen LogP contribution in [0.5, 0.6) is 0 Å². The number of nitrogens with one attached hydrogen (secondary N) is 1. The third-order valence-electron chi connectivity index (χ3n) is 1.79. The van der Waals surface area contributed by atoms with E-state index in [9.17, 15) is 14.5 Å². The minimum absolute atomic E-state index is 0.647. The Labute approximate surface area is 74.2 Å².